The summed E-state index contributed by atoms with van der Waals surface area (Å²) in [6, 6.07) is 10.0. The molecule has 0 amide bonds. The fourth-order valence-electron chi connectivity index (χ4n) is 0.589. The van der Waals surface area contributed by atoms with E-state index in [-0.39, 0.29) is 0 Å². The maximum Gasteiger partial charge on any atom is -0.0263 e. The van der Waals surface area contributed by atoms with Crippen LogP contribution in [0.3, 0.4) is 0 Å². The summed E-state index contributed by atoms with van der Waals surface area (Å²) in [6.07, 6.45) is 4.79. The molecule has 0 nitrogen and oxygen atoms in total. The minimum Gasteiger partial charge on any atom is -0.106 e. The highest BCUT2D eigenvalue weighted by molar-refractivity contribution is 5.45. The Morgan fingerprint density at radius 3 is 1.50 bits per heavy atom. The average molecular weight is 216 g/mol. The third kappa shape index (κ3) is 18.1. The summed E-state index contributed by atoms with van der Waals surface area (Å²) in [4.78, 5) is 0. The summed E-state index contributed by atoms with van der Waals surface area (Å²) in [7, 11) is 0. The lowest BCUT2D eigenvalue weighted by Crippen LogP contribution is -1.63. The fourth-order valence-corrected chi connectivity index (χ4v) is 0.589. The van der Waals surface area contributed by atoms with E-state index < -0.39 is 0 Å². The van der Waals surface area contributed by atoms with Crippen molar-refractivity contribution in [2.75, 3.05) is 0 Å². The van der Waals surface area contributed by atoms with Crippen LogP contribution in [0.2, 0.25) is 0 Å². The quantitative estimate of drug-likeness (QED) is 0.571. The second-order valence-corrected chi connectivity index (χ2v) is 2.31. The molecule has 0 unspecified atom stereocenters. The lowest BCUT2D eigenvalue weighted by atomic mass is 10.2. The first kappa shape index (κ1) is 19.7. The molecule has 0 fully saturated rings. The number of hydrogen-bond donors (Lipinski definition) is 0. The smallest absolute Gasteiger partial charge is 0.0263 e. The van der Waals surface area contributed by atoms with Gasteiger partial charge >= 0.3 is 0 Å². The summed E-state index contributed by atoms with van der Waals surface area (Å²) in [5.41, 5.74) is 1.17. The van der Waals surface area contributed by atoms with Crippen LogP contribution in [-0.4, -0.2) is 0 Å². The molecule has 0 bridgehead atoms. The van der Waals surface area contributed by atoms with Crippen LogP contribution in [0.4, 0.5) is 0 Å². The Kier molecular flexibility index (Phi) is 28.6. The highest BCUT2D eigenvalue weighted by Gasteiger charge is 1.75. The van der Waals surface area contributed by atoms with Crippen molar-refractivity contribution >= 4 is 6.08 Å². The van der Waals surface area contributed by atoms with E-state index in [0.29, 0.717) is 0 Å². The van der Waals surface area contributed by atoms with Gasteiger partial charge in [0.1, 0.15) is 0 Å². The first-order valence-electron chi connectivity index (χ1n) is 5.13. The Labute approximate surface area is 101 Å². The van der Waals surface area contributed by atoms with Gasteiger partial charge in [0.05, 0.1) is 0 Å². The monoisotopic (exact) mass is 216 g/mol. The normalized spacial score (nSPS) is 6.31. The van der Waals surface area contributed by atoms with Crippen LogP contribution in [0.5, 0.6) is 0 Å². The van der Waals surface area contributed by atoms with Crippen molar-refractivity contribution in [2.24, 2.45) is 0 Å². The molecule has 0 saturated carbocycles. The molecule has 0 radical (unpaired) electrons. The van der Waals surface area contributed by atoms with Gasteiger partial charge in [-0.15, -0.1) is 32.9 Å². The van der Waals surface area contributed by atoms with Crippen LogP contribution in [0, 0.1) is 0 Å². The molecule has 0 aromatic heterocycles. The van der Waals surface area contributed by atoms with Crippen LogP contribution in [0.15, 0.2) is 75.9 Å². The van der Waals surface area contributed by atoms with Gasteiger partial charge in [-0.3, -0.25) is 0 Å². The average Bonchev–Trinajstić information content (AvgIpc) is 2.44. The topological polar surface area (TPSA) is 0 Å². The van der Waals surface area contributed by atoms with Crippen molar-refractivity contribution in [2.45, 2.75) is 13.3 Å². The van der Waals surface area contributed by atoms with Crippen molar-refractivity contribution in [3.63, 3.8) is 0 Å². The molecule has 0 spiro atoms. The van der Waals surface area contributed by atoms with E-state index in [4.69, 9.17) is 0 Å². The second kappa shape index (κ2) is 23.2. The van der Waals surface area contributed by atoms with Crippen molar-refractivity contribution in [3.05, 3.63) is 81.4 Å². The van der Waals surface area contributed by atoms with Crippen LogP contribution in [0.1, 0.15) is 18.9 Å². The molecule has 16 heavy (non-hydrogen) atoms. The molecule has 0 saturated heterocycles. The first-order chi connectivity index (χ1) is 7.85. The Hall–Kier alpha value is -1.82. The van der Waals surface area contributed by atoms with Crippen molar-refractivity contribution in [3.8, 4) is 0 Å². The minimum absolute atomic E-state index is 1.08. The Morgan fingerprint density at radius 2 is 1.31 bits per heavy atom. The van der Waals surface area contributed by atoms with E-state index in [2.05, 4.69) is 46.4 Å². The third-order valence-corrected chi connectivity index (χ3v) is 1.32. The fraction of sp³-hybridized carbons (Fsp3) is 0.125. The third-order valence-electron chi connectivity index (χ3n) is 1.32. The number of hydrogen-bond acceptors (Lipinski definition) is 0. The van der Waals surface area contributed by atoms with E-state index in [1.54, 1.807) is 0 Å². The lowest BCUT2D eigenvalue weighted by molar-refractivity contribution is 1.23. The van der Waals surface area contributed by atoms with Gasteiger partial charge in [0, 0.05) is 0 Å². The first-order valence-corrected chi connectivity index (χ1v) is 5.13. The van der Waals surface area contributed by atoms with E-state index >= 15 is 0 Å². The highest BCUT2D eigenvalue weighted by atomic mass is 13.8. The summed E-state index contributed by atoms with van der Waals surface area (Å²) in [6.45, 7) is 21.2. The largest absolute Gasteiger partial charge is 0.106 e. The van der Waals surface area contributed by atoms with Crippen molar-refractivity contribution < 1.29 is 0 Å². The molecule has 88 valence electrons. The summed E-state index contributed by atoms with van der Waals surface area (Å²) >= 11 is 0. The SMILES string of the molecule is C=C.C=C.C=CCC.C=Cc1ccccc1. The predicted molar refractivity (Wildman–Crippen MR) is 79.5 cm³/mol. The van der Waals surface area contributed by atoms with E-state index in [9.17, 15) is 0 Å². The summed E-state index contributed by atoms with van der Waals surface area (Å²) in [5.74, 6) is 0. The van der Waals surface area contributed by atoms with Crippen LogP contribution < -0.4 is 0 Å². The second-order valence-electron chi connectivity index (χ2n) is 2.31. The van der Waals surface area contributed by atoms with E-state index in [1.807, 2.05) is 42.5 Å². The molecule has 0 aliphatic heterocycles. The molecule has 0 heterocycles. The number of rotatable bonds is 2. The van der Waals surface area contributed by atoms with Crippen LogP contribution in [-0.2, 0) is 0 Å². The molecule has 1 aromatic carbocycles. The molecule has 0 aliphatic carbocycles. The van der Waals surface area contributed by atoms with Crippen LogP contribution >= 0.6 is 0 Å². The van der Waals surface area contributed by atoms with Gasteiger partial charge in [-0.05, 0) is 12.0 Å². The van der Waals surface area contributed by atoms with Gasteiger partial charge in [0.2, 0.25) is 0 Å². The maximum atomic E-state index is 3.63. The highest BCUT2D eigenvalue weighted by Crippen LogP contribution is 1.97. The Morgan fingerprint density at radius 1 is 0.938 bits per heavy atom. The molecule has 0 N–H and O–H groups in total. The molecular weight excluding hydrogens is 192 g/mol. The van der Waals surface area contributed by atoms with Gasteiger partial charge in [-0.1, -0.05) is 56.0 Å². The molecule has 1 rings (SSSR count). The van der Waals surface area contributed by atoms with Gasteiger partial charge < -0.3 is 0 Å². The van der Waals surface area contributed by atoms with Gasteiger partial charge in [-0.2, -0.15) is 0 Å². The number of benzene rings is 1. The minimum atomic E-state index is 1.08. The van der Waals surface area contributed by atoms with Gasteiger partial charge in [0.25, 0.3) is 0 Å². The lowest BCUT2D eigenvalue weighted by Gasteiger charge is -1.85. The van der Waals surface area contributed by atoms with Crippen molar-refractivity contribution in [1.82, 2.24) is 0 Å². The van der Waals surface area contributed by atoms with Gasteiger partial charge in [-0.25, -0.2) is 0 Å². The molecule has 1 aromatic rings. The standard InChI is InChI=1S/C8H8.C4H8.2C2H4/c1-2-8-6-4-3-5-7-8;1-3-4-2;2*1-2/h2-7H,1H2;3H,1,4H2,2H3;2*1-2H2. The molecular formula is C16H24. The molecule has 0 aliphatic rings. The number of allylic oxidation sites excluding steroid dienone is 1. The van der Waals surface area contributed by atoms with Crippen LogP contribution in [0.25, 0.3) is 6.08 Å². The Balaban J connectivity index is -0.000000181. The predicted octanol–water partition coefficient (Wildman–Crippen LogP) is 5.52. The van der Waals surface area contributed by atoms with Gasteiger partial charge in [0.15, 0.2) is 0 Å². The summed E-state index contributed by atoms with van der Waals surface area (Å²) < 4.78 is 0. The zero-order valence-corrected chi connectivity index (χ0v) is 10.5. The molecule has 0 atom stereocenters. The zero-order valence-electron chi connectivity index (χ0n) is 10.5. The van der Waals surface area contributed by atoms with E-state index in [1.165, 1.54) is 5.56 Å². The zero-order chi connectivity index (χ0) is 13.2. The summed E-state index contributed by atoms with van der Waals surface area (Å²) in [5, 5.41) is 0. The van der Waals surface area contributed by atoms with E-state index in [0.717, 1.165) is 6.42 Å². The molecule has 0 heteroatoms. The van der Waals surface area contributed by atoms with Crippen molar-refractivity contribution in [1.29, 1.82) is 0 Å². The Bertz CT molecular complexity index is 231. The maximum absolute atomic E-state index is 3.63.